The SMILES string of the molecule is COc1cc(CCC(CCNC(C)C)c2ccc3ncc(C4=CCCC(C)NC4)nc3c2)cc(OC)c1. The topological polar surface area (TPSA) is 68.3 Å². The molecule has 0 fully saturated rings. The molecule has 0 saturated heterocycles. The van der Waals surface area contributed by atoms with Gasteiger partial charge in [0.25, 0.3) is 0 Å². The lowest BCUT2D eigenvalue weighted by Crippen LogP contribution is -2.25. The minimum atomic E-state index is 0.401. The van der Waals surface area contributed by atoms with Gasteiger partial charge in [-0.25, -0.2) is 4.98 Å². The number of allylic oxidation sites excluding steroid dienone is 1. The maximum atomic E-state index is 5.49. The van der Waals surface area contributed by atoms with Crippen molar-refractivity contribution >= 4 is 16.6 Å². The second-order valence-electron chi connectivity index (χ2n) is 10.4. The Kier molecular flexibility index (Phi) is 9.53. The van der Waals surface area contributed by atoms with E-state index in [4.69, 9.17) is 19.4 Å². The van der Waals surface area contributed by atoms with Gasteiger partial charge in [-0.05, 0) is 92.5 Å². The van der Waals surface area contributed by atoms with Crippen LogP contribution in [0.3, 0.4) is 0 Å². The molecule has 37 heavy (non-hydrogen) atoms. The molecule has 2 aromatic carbocycles. The lowest BCUT2D eigenvalue weighted by molar-refractivity contribution is 0.393. The van der Waals surface area contributed by atoms with E-state index in [1.807, 2.05) is 12.3 Å². The predicted molar refractivity (Wildman–Crippen MR) is 153 cm³/mol. The maximum Gasteiger partial charge on any atom is 0.122 e. The van der Waals surface area contributed by atoms with Gasteiger partial charge in [-0.1, -0.05) is 26.0 Å². The van der Waals surface area contributed by atoms with Crippen LogP contribution in [0.5, 0.6) is 11.5 Å². The number of ether oxygens (including phenoxy) is 2. The molecule has 6 nitrogen and oxygen atoms in total. The van der Waals surface area contributed by atoms with E-state index in [1.165, 1.54) is 16.7 Å². The Morgan fingerprint density at radius 3 is 2.54 bits per heavy atom. The zero-order chi connectivity index (χ0) is 26.2. The van der Waals surface area contributed by atoms with Gasteiger partial charge in [0.05, 0.1) is 37.1 Å². The van der Waals surface area contributed by atoms with Crippen molar-refractivity contribution in [3.63, 3.8) is 0 Å². The molecule has 0 saturated carbocycles. The van der Waals surface area contributed by atoms with Crippen LogP contribution in [-0.2, 0) is 6.42 Å². The Morgan fingerprint density at radius 1 is 1.03 bits per heavy atom. The average Bonchev–Trinajstić information content (AvgIpc) is 3.13. The van der Waals surface area contributed by atoms with Gasteiger partial charge >= 0.3 is 0 Å². The highest BCUT2D eigenvalue weighted by Crippen LogP contribution is 2.30. The quantitative estimate of drug-likeness (QED) is 0.340. The molecule has 1 aromatic heterocycles. The molecule has 2 unspecified atom stereocenters. The van der Waals surface area contributed by atoms with E-state index < -0.39 is 0 Å². The van der Waals surface area contributed by atoms with Crippen molar-refractivity contribution in [3.8, 4) is 11.5 Å². The number of nitrogens with one attached hydrogen (secondary N) is 2. The number of hydrogen-bond donors (Lipinski definition) is 2. The van der Waals surface area contributed by atoms with E-state index in [2.05, 4.69) is 67.8 Å². The summed E-state index contributed by atoms with van der Waals surface area (Å²) in [5, 5.41) is 7.19. The number of hydrogen-bond acceptors (Lipinski definition) is 6. The summed E-state index contributed by atoms with van der Waals surface area (Å²) >= 11 is 0. The molecule has 198 valence electrons. The Labute approximate surface area is 221 Å². The molecule has 1 aliphatic rings. The molecule has 2 N–H and O–H groups in total. The Morgan fingerprint density at radius 2 is 1.81 bits per heavy atom. The minimum Gasteiger partial charge on any atom is -0.497 e. The summed E-state index contributed by atoms with van der Waals surface area (Å²) in [6, 6.07) is 13.8. The van der Waals surface area contributed by atoms with Crippen molar-refractivity contribution in [2.24, 2.45) is 0 Å². The largest absolute Gasteiger partial charge is 0.497 e. The van der Waals surface area contributed by atoms with Crippen LogP contribution in [0.25, 0.3) is 16.6 Å². The highest BCUT2D eigenvalue weighted by atomic mass is 16.5. The summed E-state index contributed by atoms with van der Waals surface area (Å²) in [4.78, 5) is 9.81. The fourth-order valence-electron chi connectivity index (χ4n) is 4.97. The smallest absolute Gasteiger partial charge is 0.122 e. The standard InChI is InChI=1S/C31H42N4O2/c1-21(2)32-14-13-24(10-9-23-15-27(36-4)18-28(16-23)37-5)25-11-12-29-30(17-25)35-31(20-34-29)26-8-6-7-22(3)33-19-26/h8,11-12,15-18,20-22,24,32-33H,6-7,9-10,13-14,19H2,1-5H3. The van der Waals surface area contributed by atoms with Crippen LogP contribution in [-0.4, -0.2) is 49.4 Å². The van der Waals surface area contributed by atoms with Crippen LogP contribution >= 0.6 is 0 Å². The average molecular weight is 503 g/mol. The third kappa shape index (κ3) is 7.53. The summed E-state index contributed by atoms with van der Waals surface area (Å²) < 4.78 is 11.0. The zero-order valence-corrected chi connectivity index (χ0v) is 23.0. The van der Waals surface area contributed by atoms with Crippen molar-refractivity contribution in [1.29, 1.82) is 0 Å². The highest BCUT2D eigenvalue weighted by Gasteiger charge is 2.16. The van der Waals surface area contributed by atoms with Gasteiger partial charge in [-0.15, -0.1) is 0 Å². The maximum absolute atomic E-state index is 5.49. The van der Waals surface area contributed by atoms with Gasteiger partial charge < -0.3 is 20.1 Å². The van der Waals surface area contributed by atoms with Crippen LogP contribution in [0, 0.1) is 0 Å². The first-order valence-electron chi connectivity index (χ1n) is 13.6. The van der Waals surface area contributed by atoms with Gasteiger partial charge in [0.15, 0.2) is 0 Å². The molecular formula is C31H42N4O2. The van der Waals surface area contributed by atoms with Crippen molar-refractivity contribution in [3.05, 3.63) is 65.5 Å². The van der Waals surface area contributed by atoms with Gasteiger partial charge in [-0.2, -0.15) is 0 Å². The fourth-order valence-corrected chi connectivity index (χ4v) is 4.97. The van der Waals surface area contributed by atoms with Crippen LogP contribution in [0.1, 0.15) is 69.2 Å². The zero-order valence-electron chi connectivity index (χ0n) is 23.0. The molecule has 2 heterocycles. The molecule has 6 heteroatoms. The summed E-state index contributed by atoms with van der Waals surface area (Å²) in [6.07, 6.45) is 9.50. The first-order chi connectivity index (χ1) is 17.9. The number of nitrogens with zero attached hydrogens (tertiary/aromatic N) is 2. The molecular weight excluding hydrogens is 460 g/mol. The van der Waals surface area contributed by atoms with Gasteiger partial charge in [0.2, 0.25) is 0 Å². The Bertz CT molecular complexity index is 1180. The minimum absolute atomic E-state index is 0.401. The van der Waals surface area contributed by atoms with Crippen LogP contribution in [0.15, 0.2) is 48.7 Å². The first-order valence-corrected chi connectivity index (χ1v) is 13.6. The van der Waals surface area contributed by atoms with Gasteiger partial charge in [0, 0.05) is 24.7 Å². The Balaban J connectivity index is 1.58. The van der Waals surface area contributed by atoms with Crippen molar-refractivity contribution in [2.75, 3.05) is 27.3 Å². The van der Waals surface area contributed by atoms with E-state index in [-0.39, 0.29) is 0 Å². The molecule has 0 bridgehead atoms. The number of aromatic nitrogens is 2. The number of benzene rings is 2. The van der Waals surface area contributed by atoms with Crippen LogP contribution in [0.4, 0.5) is 0 Å². The molecule has 3 aromatic rings. The molecule has 4 rings (SSSR count). The Hall–Kier alpha value is -2.96. The van der Waals surface area contributed by atoms with Gasteiger partial charge in [-0.3, -0.25) is 4.98 Å². The molecule has 0 amide bonds. The molecule has 1 aliphatic heterocycles. The van der Waals surface area contributed by atoms with Crippen molar-refractivity contribution < 1.29 is 9.47 Å². The van der Waals surface area contributed by atoms with E-state index in [9.17, 15) is 0 Å². The number of methoxy groups -OCH3 is 2. The van der Waals surface area contributed by atoms with Crippen molar-refractivity contribution in [1.82, 2.24) is 20.6 Å². The van der Waals surface area contributed by atoms with E-state index >= 15 is 0 Å². The fraction of sp³-hybridized carbons (Fsp3) is 0.484. The summed E-state index contributed by atoms with van der Waals surface area (Å²) in [5.74, 6) is 2.06. The first kappa shape index (κ1) is 27.1. The molecule has 0 spiro atoms. The lowest BCUT2D eigenvalue weighted by Gasteiger charge is -2.20. The molecule has 0 aliphatic carbocycles. The van der Waals surface area contributed by atoms with Crippen molar-refractivity contribution in [2.45, 2.75) is 70.9 Å². The van der Waals surface area contributed by atoms with E-state index in [1.54, 1.807) is 14.2 Å². The van der Waals surface area contributed by atoms with Crippen LogP contribution < -0.4 is 20.1 Å². The third-order valence-electron chi connectivity index (χ3n) is 7.24. The summed E-state index contributed by atoms with van der Waals surface area (Å²) in [6.45, 7) is 8.45. The predicted octanol–water partition coefficient (Wildman–Crippen LogP) is 5.91. The van der Waals surface area contributed by atoms with E-state index in [0.29, 0.717) is 18.0 Å². The monoisotopic (exact) mass is 502 g/mol. The second-order valence-corrected chi connectivity index (χ2v) is 10.4. The summed E-state index contributed by atoms with van der Waals surface area (Å²) in [5.41, 5.74) is 6.68. The third-order valence-corrected chi connectivity index (χ3v) is 7.24. The highest BCUT2D eigenvalue weighted by molar-refractivity contribution is 5.78. The molecule has 0 radical (unpaired) electrons. The summed E-state index contributed by atoms with van der Waals surface area (Å²) in [7, 11) is 3.40. The van der Waals surface area contributed by atoms with E-state index in [0.717, 1.165) is 73.4 Å². The molecule has 2 atom stereocenters. The normalized spacial score (nSPS) is 16.9. The van der Waals surface area contributed by atoms with Crippen LogP contribution in [0.2, 0.25) is 0 Å². The number of fused-ring (bicyclic) bond motifs is 1. The van der Waals surface area contributed by atoms with Gasteiger partial charge in [0.1, 0.15) is 11.5 Å². The second kappa shape index (κ2) is 13.0. The lowest BCUT2D eigenvalue weighted by atomic mass is 9.89. The number of rotatable bonds is 11. The number of aryl methyl sites for hydroxylation is 1.